The molecular formula is C20H21BF2N2O2. The van der Waals surface area contributed by atoms with Crippen LogP contribution >= 0.6 is 0 Å². The van der Waals surface area contributed by atoms with E-state index in [0.29, 0.717) is 33.8 Å². The highest BCUT2D eigenvalue weighted by Gasteiger charge is 2.29. The molecule has 27 heavy (non-hydrogen) atoms. The molecule has 2 N–H and O–H groups in total. The molecule has 1 aliphatic rings. The lowest BCUT2D eigenvalue weighted by molar-refractivity contribution is -0.0424. The Morgan fingerprint density at radius 1 is 1.07 bits per heavy atom. The molecule has 4 nitrogen and oxygen atoms in total. The van der Waals surface area contributed by atoms with Crippen LogP contribution in [0.2, 0.25) is 0 Å². The predicted molar refractivity (Wildman–Crippen MR) is 104 cm³/mol. The molecule has 0 saturated heterocycles. The molecule has 0 bridgehead atoms. The van der Waals surface area contributed by atoms with Gasteiger partial charge in [-0.3, -0.25) is 13.6 Å². The van der Waals surface area contributed by atoms with Crippen molar-refractivity contribution in [2.75, 3.05) is 0 Å². The Hall–Kier alpha value is -2.51. The number of halogens is 2. The Kier molecular flexibility index (Phi) is 5.17. The largest absolute Gasteiger partial charge is 0.677 e. The summed E-state index contributed by atoms with van der Waals surface area (Å²) in [5.74, 6) is 0. The topological polar surface area (TPSA) is 57.8 Å². The molecule has 0 radical (unpaired) electrons. The fraction of sp³-hybridized carbons (Fsp3) is 0.250. The number of rotatable bonds is 4. The van der Waals surface area contributed by atoms with E-state index in [1.807, 2.05) is 19.9 Å². The fourth-order valence-electron chi connectivity index (χ4n) is 3.53. The number of aliphatic hydroxyl groups is 2. The van der Waals surface area contributed by atoms with Gasteiger partial charge in [0, 0.05) is 28.2 Å². The summed E-state index contributed by atoms with van der Waals surface area (Å²) >= 11 is 0. The lowest BCUT2D eigenvalue weighted by atomic mass is 9.94. The predicted octanol–water partition coefficient (Wildman–Crippen LogP) is 4.04. The number of hydrogen-bond acceptors (Lipinski definition) is 3. The number of aryl methyl sites for hydroxylation is 2. The van der Waals surface area contributed by atoms with Gasteiger partial charge in [0.25, 0.3) is 0 Å². The van der Waals surface area contributed by atoms with E-state index >= 15 is 0 Å². The van der Waals surface area contributed by atoms with E-state index in [1.54, 1.807) is 44.2 Å². The van der Waals surface area contributed by atoms with Crippen LogP contribution in [-0.4, -0.2) is 27.8 Å². The standard InChI is InChI=1S/C20H21BF2N2O2/c1-11-9-13(3)24-18(11)17(15-5-7-16(8-6-15)20(26)27)19-12(2)10-14(4)25(19)21(22)23/h5-10,20,26-27H,1-4H3/b18-17-. The molecule has 0 aliphatic carbocycles. The second kappa shape index (κ2) is 7.25. The molecule has 7 heteroatoms. The maximum Gasteiger partial charge on any atom is 0.677 e. The lowest BCUT2D eigenvalue weighted by Crippen LogP contribution is -2.18. The SMILES string of the molecule is CC1=CC(C)=N/C1=C(/c1ccc(C(O)O)cc1)c1c(C)cc(C)n1B(F)F. The van der Waals surface area contributed by atoms with Crippen LogP contribution in [0.3, 0.4) is 0 Å². The van der Waals surface area contributed by atoms with Crippen molar-refractivity contribution in [1.82, 2.24) is 4.48 Å². The van der Waals surface area contributed by atoms with Gasteiger partial charge in [-0.2, -0.15) is 0 Å². The van der Waals surface area contributed by atoms with Gasteiger partial charge in [0.15, 0.2) is 6.29 Å². The average molecular weight is 370 g/mol. The summed E-state index contributed by atoms with van der Waals surface area (Å²) in [6.45, 7) is 7.23. The number of aliphatic hydroxyl groups excluding tert-OH is 1. The zero-order chi connectivity index (χ0) is 19.9. The van der Waals surface area contributed by atoms with Crippen molar-refractivity contribution in [1.29, 1.82) is 0 Å². The third-order valence-electron chi connectivity index (χ3n) is 4.67. The number of aromatic nitrogens is 1. The van der Waals surface area contributed by atoms with E-state index in [1.165, 1.54) is 0 Å². The Bertz CT molecular complexity index is 971. The number of aliphatic imine (C=N–C) groups is 1. The maximum atomic E-state index is 13.8. The first-order chi connectivity index (χ1) is 12.7. The highest BCUT2D eigenvalue weighted by molar-refractivity contribution is 6.41. The van der Waals surface area contributed by atoms with Gasteiger partial charge in [0.05, 0.1) is 5.70 Å². The smallest absolute Gasteiger partial charge is 0.364 e. The molecule has 2 aromatic rings. The molecule has 2 heterocycles. The van der Waals surface area contributed by atoms with Gasteiger partial charge in [-0.15, -0.1) is 0 Å². The molecule has 0 unspecified atom stereocenters. The van der Waals surface area contributed by atoms with Crippen LogP contribution in [0.15, 0.2) is 52.7 Å². The Morgan fingerprint density at radius 2 is 1.70 bits per heavy atom. The summed E-state index contributed by atoms with van der Waals surface area (Å²) in [5, 5.41) is 18.7. The normalized spacial score (nSPS) is 15.9. The van der Waals surface area contributed by atoms with Gasteiger partial charge in [0.1, 0.15) is 0 Å². The Balaban J connectivity index is 2.32. The fourth-order valence-corrected chi connectivity index (χ4v) is 3.53. The number of allylic oxidation sites excluding steroid dienone is 2. The molecule has 0 atom stereocenters. The van der Waals surface area contributed by atoms with Crippen LogP contribution in [0.1, 0.15) is 48.2 Å². The van der Waals surface area contributed by atoms with E-state index in [4.69, 9.17) is 0 Å². The molecule has 0 fully saturated rings. The second-order valence-electron chi connectivity index (χ2n) is 6.76. The van der Waals surface area contributed by atoms with Crippen molar-refractivity contribution in [3.8, 4) is 0 Å². The van der Waals surface area contributed by atoms with Crippen molar-refractivity contribution in [3.05, 3.63) is 75.8 Å². The van der Waals surface area contributed by atoms with E-state index in [9.17, 15) is 18.8 Å². The van der Waals surface area contributed by atoms with Gasteiger partial charge in [-0.1, -0.05) is 24.3 Å². The minimum absolute atomic E-state index is 0.332. The first kappa shape index (κ1) is 19.3. The molecular weight excluding hydrogens is 349 g/mol. The van der Waals surface area contributed by atoms with E-state index in [0.717, 1.165) is 21.3 Å². The van der Waals surface area contributed by atoms with Crippen LogP contribution in [0.5, 0.6) is 0 Å². The molecule has 1 aromatic carbocycles. The van der Waals surface area contributed by atoms with Gasteiger partial charge in [-0.05, 0) is 56.5 Å². The van der Waals surface area contributed by atoms with Gasteiger partial charge < -0.3 is 14.7 Å². The van der Waals surface area contributed by atoms with Crippen LogP contribution in [0.25, 0.3) is 5.57 Å². The highest BCUT2D eigenvalue weighted by Crippen LogP contribution is 2.37. The van der Waals surface area contributed by atoms with Crippen LogP contribution in [0, 0.1) is 13.8 Å². The minimum atomic E-state index is -2.68. The zero-order valence-corrected chi connectivity index (χ0v) is 15.7. The number of nitrogens with zero attached hydrogens (tertiary/aromatic N) is 2. The summed E-state index contributed by atoms with van der Waals surface area (Å²) in [7, 11) is -2.68. The molecule has 1 aliphatic heterocycles. The van der Waals surface area contributed by atoms with Crippen molar-refractivity contribution >= 4 is 18.7 Å². The monoisotopic (exact) mass is 370 g/mol. The highest BCUT2D eigenvalue weighted by atomic mass is 19.2. The van der Waals surface area contributed by atoms with Crippen LogP contribution < -0.4 is 0 Å². The van der Waals surface area contributed by atoms with Crippen molar-refractivity contribution in [2.24, 2.45) is 4.99 Å². The summed E-state index contributed by atoms with van der Waals surface area (Å²) in [5.41, 5.74) is 5.59. The Labute approximate surface area is 157 Å². The summed E-state index contributed by atoms with van der Waals surface area (Å²) in [6.07, 6.45) is 0.330. The third-order valence-corrected chi connectivity index (χ3v) is 4.67. The summed E-state index contributed by atoms with van der Waals surface area (Å²) in [6, 6.07) is 8.28. The van der Waals surface area contributed by atoms with E-state index in [2.05, 4.69) is 4.99 Å². The van der Waals surface area contributed by atoms with Gasteiger partial charge in [0.2, 0.25) is 0 Å². The number of hydrogen-bond donors (Lipinski definition) is 2. The molecule has 0 amide bonds. The maximum absolute atomic E-state index is 13.8. The molecule has 0 spiro atoms. The van der Waals surface area contributed by atoms with Crippen LogP contribution in [-0.2, 0) is 0 Å². The third kappa shape index (κ3) is 3.52. The summed E-state index contributed by atoms with van der Waals surface area (Å²) in [4.78, 5) is 4.58. The lowest BCUT2D eigenvalue weighted by Gasteiger charge is -2.17. The minimum Gasteiger partial charge on any atom is -0.364 e. The Morgan fingerprint density at radius 3 is 2.19 bits per heavy atom. The van der Waals surface area contributed by atoms with Gasteiger partial charge in [-0.25, -0.2) is 0 Å². The van der Waals surface area contributed by atoms with Crippen molar-refractivity contribution < 1.29 is 18.8 Å². The zero-order valence-electron chi connectivity index (χ0n) is 15.7. The molecule has 3 rings (SSSR count). The van der Waals surface area contributed by atoms with Crippen LogP contribution in [0.4, 0.5) is 8.63 Å². The van der Waals surface area contributed by atoms with E-state index in [-0.39, 0.29) is 0 Å². The van der Waals surface area contributed by atoms with Crippen molar-refractivity contribution in [2.45, 2.75) is 34.0 Å². The summed E-state index contributed by atoms with van der Waals surface area (Å²) < 4.78 is 28.7. The quantitative estimate of drug-likeness (QED) is 0.631. The van der Waals surface area contributed by atoms with Gasteiger partial charge >= 0.3 is 7.40 Å². The first-order valence-electron chi connectivity index (χ1n) is 8.62. The average Bonchev–Trinajstić information content (AvgIpc) is 3.07. The molecule has 0 saturated carbocycles. The second-order valence-corrected chi connectivity index (χ2v) is 6.76. The van der Waals surface area contributed by atoms with Crippen molar-refractivity contribution in [3.63, 3.8) is 0 Å². The molecule has 1 aromatic heterocycles. The van der Waals surface area contributed by atoms with E-state index < -0.39 is 13.7 Å². The number of benzene rings is 1. The first-order valence-corrected chi connectivity index (χ1v) is 8.62. The molecule has 140 valence electrons.